The standard InChI is InChI=1S/C18H19NO3S/c1-13-4-5-15(14(2)12-13)6-11-18(20)19-16-7-9-17(10-8-16)23(3,21)22/h4-12H,1-3H3,(H,19,20)/b11-6+. The average molecular weight is 329 g/mol. The highest BCUT2D eigenvalue weighted by molar-refractivity contribution is 7.90. The molecule has 1 amide bonds. The molecule has 0 spiro atoms. The number of amides is 1. The lowest BCUT2D eigenvalue weighted by Gasteiger charge is -2.04. The minimum absolute atomic E-state index is 0.223. The summed E-state index contributed by atoms with van der Waals surface area (Å²) in [5.74, 6) is -0.267. The number of benzene rings is 2. The van der Waals surface area contributed by atoms with Crippen molar-refractivity contribution in [3.05, 3.63) is 65.2 Å². The fraction of sp³-hybridized carbons (Fsp3) is 0.167. The van der Waals surface area contributed by atoms with Crippen molar-refractivity contribution < 1.29 is 13.2 Å². The van der Waals surface area contributed by atoms with Gasteiger partial charge in [-0.05, 0) is 55.3 Å². The van der Waals surface area contributed by atoms with Gasteiger partial charge in [0, 0.05) is 18.0 Å². The maximum atomic E-state index is 11.9. The zero-order valence-electron chi connectivity index (χ0n) is 13.3. The van der Waals surface area contributed by atoms with E-state index < -0.39 is 9.84 Å². The number of rotatable bonds is 4. The molecule has 120 valence electrons. The van der Waals surface area contributed by atoms with Crippen LogP contribution >= 0.6 is 0 Å². The summed E-state index contributed by atoms with van der Waals surface area (Å²) in [7, 11) is -3.23. The number of carbonyl (C=O) groups is 1. The maximum absolute atomic E-state index is 11.9. The molecule has 0 aromatic heterocycles. The monoisotopic (exact) mass is 329 g/mol. The van der Waals surface area contributed by atoms with Crippen LogP contribution in [0.3, 0.4) is 0 Å². The van der Waals surface area contributed by atoms with Gasteiger partial charge in [-0.1, -0.05) is 23.8 Å². The van der Waals surface area contributed by atoms with Gasteiger partial charge >= 0.3 is 0 Å². The Morgan fingerprint density at radius 3 is 2.26 bits per heavy atom. The van der Waals surface area contributed by atoms with Crippen LogP contribution in [0.4, 0.5) is 5.69 Å². The molecule has 0 unspecified atom stereocenters. The smallest absolute Gasteiger partial charge is 0.248 e. The second-order valence-electron chi connectivity index (χ2n) is 5.48. The van der Waals surface area contributed by atoms with Crippen molar-refractivity contribution in [1.82, 2.24) is 0 Å². The van der Waals surface area contributed by atoms with Gasteiger partial charge in [-0.25, -0.2) is 8.42 Å². The molecular weight excluding hydrogens is 310 g/mol. The highest BCUT2D eigenvalue weighted by atomic mass is 32.2. The number of hydrogen-bond acceptors (Lipinski definition) is 3. The van der Waals surface area contributed by atoms with Crippen molar-refractivity contribution in [3.63, 3.8) is 0 Å². The lowest BCUT2D eigenvalue weighted by atomic mass is 10.1. The lowest BCUT2D eigenvalue weighted by Crippen LogP contribution is -2.08. The van der Waals surface area contributed by atoms with E-state index in [-0.39, 0.29) is 10.8 Å². The average Bonchev–Trinajstić information content (AvgIpc) is 2.46. The van der Waals surface area contributed by atoms with Gasteiger partial charge in [0.2, 0.25) is 5.91 Å². The van der Waals surface area contributed by atoms with Crippen LogP contribution in [0.2, 0.25) is 0 Å². The first kappa shape index (κ1) is 17.0. The van der Waals surface area contributed by atoms with Crippen LogP contribution in [0, 0.1) is 13.8 Å². The van der Waals surface area contributed by atoms with Gasteiger partial charge in [0.05, 0.1) is 4.90 Å². The van der Waals surface area contributed by atoms with Gasteiger partial charge in [0.1, 0.15) is 0 Å². The van der Waals surface area contributed by atoms with Crippen LogP contribution in [-0.4, -0.2) is 20.6 Å². The summed E-state index contributed by atoms with van der Waals surface area (Å²) in [4.78, 5) is 12.2. The summed E-state index contributed by atoms with van der Waals surface area (Å²) < 4.78 is 22.8. The Morgan fingerprint density at radius 1 is 1.04 bits per heavy atom. The van der Waals surface area contributed by atoms with Gasteiger partial charge in [0.15, 0.2) is 9.84 Å². The van der Waals surface area contributed by atoms with Crippen molar-refractivity contribution in [3.8, 4) is 0 Å². The van der Waals surface area contributed by atoms with E-state index in [0.29, 0.717) is 5.69 Å². The van der Waals surface area contributed by atoms with Crippen LogP contribution in [0.15, 0.2) is 53.4 Å². The molecule has 2 rings (SSSR count). The third-order valence-corrected chi connectivity index (χ3v) is 4.52. The van der Waals surface area contributed by atoms with Gasteiger partial charge in [0.25, 0.3) is 0 Å². The molecule has 0 aliphatic rings. The molecule has 0 fully saturated rings. The Labute approximate surface area is 136 Å². The molecule has 0 saturated carbocycles. The van der Waals surface area contributed by atoms with Crippen LogP contribution in [0.1, 0.15) is 16.7 Å². The summed E-state index contributed by atoms with van der Waals surface area (Å²) in [6, 6.07) is 12.1. The van der Waals surface area contributed by atoms with E-state index in [1.165, 1.54) is 23.8 Å². The highest BCUT2D eigenvalue weighted by Gasteiger charge is 2.06. The second-order valence-corrected chi connectivity index (χ2v) is 7.49. The van der Waals surface area contributed by atoms with Crippen molar-refractivity contribution in [2.24, 2.45) is 0 Å². The van der Waals surface area contributed by atoms with Crippen LogP contribution < -0.4 is 5.32 Å². The van der Waals surface area contributed by atoms with Gasteiger partial charge in [-0.15, -0.1) is 0 Å². The van der Waals surface area contributed by atoms with E-state index in [1.807, 2.05) is 26.0 Å². The fourth-order valence-electron chi connectivity index (χ4n) is 2.15. The van der Waals surface area contributed by atoms with E-state index in [9.17, 15) is 13.2 Å². The van der Waals surface area contributed by atoms with Gasteiger partial charge < -0.3 is 5.32 Å². The van der Waals surface area contributed by atoms with Gasteiger partial charge in [-0.2, -0.15) is 0 Å². The van der Waals surface area contributed by atoms with Crippen molar-refractivity contribution in [2.75, 3.05) is 11.6 Å². The second kappa shape index (κ2) is 6.79. The Morgan fingerprint density at radius 2 is 1.70 bits per heavy atom. The third-order valence-electron chi connectivity index (χ3n) is 3.39. The fourth-order valence-corrected chi connectivity index (χ4v) is 2.78. The SMILES string of the molecule is Cc1ccc(/C=C/C(=O)Nc2ccc(S(C)(=O)=O)cc2)c(C)c1. The Bertz CT molecular complexity index is 850. The first-order chi connectivity index (χ1) is 10.8. The molecule has 4 nitrogen and oxygen atoms in total. The Kier molecular flexibility index (Phi) is 5.01. The summed E-state index contributed by atoms with van der Waals surface area (Å²) >= 11 is 0. The zero-order valence-corrected chi connectivity index (χ0v) is 14.1. The summed E-state index contributed by atoms with van der Waals surface area (Å²) in [6.07, 6.45) is 4.37. The molecule has 0 atom stereocenters. The molecule has 2 aromatic rings. The van der Waals surface area contributed by atoms with Crippen LogP contribution in [-0.2, 0) is 14.6 Å². The summed E-state index contributed by atoms with van der Waals surface area (Å²) in [5, 5.41) is 2.70. The van der Waals surface area contributed by atoms with E-state index >= 15 is 0 Å². The summed E-state index contributed by atoms with van der Waals surface area (Å²) in [6.45, 7) is 4.02. The van der Waals surface area contributed by atoms with Crippen LogP contribution in [0.5, 0.6) is 0 Å². The maximum Gasteiger partial charge on any atom is 0.248 e. The number of sulfone groups is 1. The zero-order chi connectivity index (χ0) is 17.0. The molecule has 23 heavy (non-hydrogen) atoms. The topological polar surface area (TPSA) is 63.2 Å². The molecular formula is C18H19NO3S. The molecule has 1 N–H and O–H groups in total. The van der Waals surface area contributed by atoms with Crippen LogP contribution in [0.25, 0.3) is 6.08 Å². The van der Waals surface area contributed by atoms with E-state index in [4.69, 9.17) is 0 Å². The lowest BCUT2D eigenvalue weighted by molar-refractivity contribution is -0.111. The first-order valence-electron chi connectivity index (χ1n) is 7.12. The van der Waals surface area contributed by atoms with Crippen molar-refractivity contribution in [2.45, 2.75) is 18.7 Å². The van der Waals surface area contributed by atoms with E-state index in [2.05, 4.69) is 11.4 Å². The first-order valence-corrected chi connectivity index (χ1v) is 9.01. The molecule has 2 aromatic carbocycles. The Balaban J connectivity index is 2.06. The molecule has 0 aliphatic carbocycles. The predicted octanol–water partition coefficient (Wildman–Crippen LogP) is 3.36. The number of carbonyl (C=O) groups excluding carboxylic acids is 1. The summed E-state index contributed by atoms with van der Waals surface area (Å²) in [5.41, 5.74) is 3.81. The highest BCUT2D eigenvalue weighted by Crippen LogP contribution is 2.15. The molecule has 0 radical (unpaired) electrons. The van der Waals surface area contributed by atoms with E-state index in [0.717, 1.165) is 17.4 Å². The molecule has 0 saturated heterocycles. The van der Waals surface area contributed by atoms with E-state index in [1.54, 1.807) is 18.2 Å². The Hall–Kier alpha value is -2.40. The number of hydrogen-bond donors (Lipinski definition) is 1. The molecule has 0 aliphatic heterocycles. The minimum Gasteiger partial charge on any atom is -0.323 e. The van der Waals surface area contributed by atoms with Crippen molar-refractivity contribution >= 4 is 27.5 Å². The third kappa shape index (κ3) is 4.79. The molecule has 5 heteroatoms. The number of aryl methyl sites for hydroxylation is 2. The van der Waals surface area contributed by atoms with Crippen molar-refractivity contribution in [1.29, 1.82) is 0 Å². The number of nitrogens with one attached hydrogen (secondary N) is 1. The largest absolute Gasteiger partial charge is 0.323 e. The predicted molar refractivity (Wildman–Crippen MR) is 93.1 cm³/mol. The molecule has 0 bridgehead atoms. The number of anilines is 1. The quantitative estimate of drug-likeness (QED) is 0.875. The molecule has 0 heterocycles. The minimum atomic E-state index is -3.23. The normalized spacial score (nSPS) is 11.6. The van der Waals surface area contributed by atoms with Gasteiger partial charge in [-0.3, -0.25) is 4.79 Å².